The molecule has 20 heavy (non-hydrogen) atoms. The first-order valence-corrected chi connectivity index (χ1v) is 7.85. The van der Waals surface area contributed by atoms with Crippen molar-refractivity contribution in [1.29, 1.82) is 0 Å². The number of rotatable bonds is 4. The van der Waals surface area contributed by atoms with Gasteiger partial charge in [-0.3, -0.25) is 0 Å². The molecule has 3 rings (SSSR count). The van der Waals surface area contributed by atoms with Crippen LogP contribution in [0.2, 0.25) is 0 Å². The molecule has 0 spiro atoms. The smallest absolute Gasteiger partial charge is 0.182 e. The summed E-state index contributed by atoms with van der Waals surface area (Å²) in [7, 11) is 0. The number of anilines is 1. The molecule has 1 saturated carbocycles. The van der Waals surface area contributed by atoms with E-state index in [2.05, 4.69) is 31.5 Å². The van der Waals surface area contributed by atoms with Crippen molar-refractivity contribution in [3.05, 3.63) is 22.7 Å². The number of halogens is 1. The average Bonchev–Trinajstić information content (AvgIpc) is 3.10. The molecule has 1 aliphatic carbocycles. The number of nitrogens with two attached hydrogens (primary N) is 1. The minimum Gasteiger partial charge on any atom is -0.398 e. The first-order valence-electron chi connectivity index (χ1n) is 7.05. The first-order chi connectivity index (χ1) is 9.74. The van der Waals surface area contributed by atoms with Crippen molar-refractivity contribution in [2.24, 2.45) is 5.92 Å². The Morgan fingerprint density at radius 2 is 2.10 bits per heavy atom. The zero-order valence-corrected chi connectivity index (χ0v) is 12.9. The third kappa shape index (κ3) is 2.85. The van der Waals surface area contributed by atoms with Crippen LogP contribution in [-0.2, 0) is 6.54 Å². The summed E-state index contributed by atoms with van der Waals surface area (Å²) in [6, 6.07) is 5.82. The van der Waals surface area contributed by atoms with Gasteiger partial charge >= 0.3 is 0 Å². The summed E-state index contributed by atoms with van der Waals surface area (Å²) in [6.45, 7) is 0.878. The van der Waals surface area contributed by atoms with Gasteiger partial charge < -0.3 is 5.73 Å². The zero-order chi connectivity index (χ0) is 13.9. The Kier molecular flexibility index (Phi) is 4.00. The van der Waals surface area contributed by atoms with E-state index in [9.17, 15) is 0 Å². The molecule has 1 aromatic heterocycles. The van der Waals surface area contributed by atoms with E-state index in [4.69, 9.17) is 5.73 Å². The molecule has 2 N–H and O–H groups in total. The monoisotopic (exact) mass is 335 g/mol. The maximum Gasteiger partial charge on any atom is 0.182 e. The highest BCUT2D eigenvalue weighted by atomic mass is 79.9. The van der Waals surface area contributed by atoms with Crippen LogP contribution in [0.5, 0.6) is 0 Å². The number of hydrogen-bond donors (Lipinski definition) is 1. The Labute approximate surface area is 126 Å². The molecule has 0 aliphatic heterocycles. The van der Waals surface area contributed by atoms with Gasteiger partial charge in [-0.2, -0.15) is 0 Å². The van der Waals surface area contributed by atoms with E-state index < -0.39 is 0 Å². The molecule has 1 aromatic carbocycles. The largest absolute Gasteiger partial charge is 0.398 e. The zero-order valence-electron chi connectivity index (χ0n) is 11.3. The van der Waals surface area contributed by atoms with Gasteiger partial charge in [0.05, 0.1) is 0 Å². The van der Waals surface area contributed by atoms with Crippen LogP contribution >= 0.6 is 15.9 Å². The van der Waals surface area contributed by atoms with Crippen molar-refractivity contribution in [2.75, 3.05) is 5.73 Å². The number of nitrogens with zero attached hydrogens (tertiary/aromatic N) is 4. The van der Waals surface area contributed by atoms with Crippen LogP contribution in [0.3, 0.4) is 0 Å². The van der Waals surface area contributed by atoms with Crippen molar-refractivity contribution in [1.82, 2.24) is 20.2 Å². The number of hydrogen-bond acceptors (Lipinski definition) is 4. The highest BCUT2D eigenvalue weighted by Crippen LogP contribution is 2.29. The number of tetrazole rings is 1. The van der Waals surface area contributed by atoms with Gasteiger partial charge in [0.15, 0.2) is 5.82 Å². The topological polar surface area (TPSA) is 69.6 Å². The van der Waals surface area contributed by atoms with Gasteiger partial charge in [0.25, 0.3) is 0 Å². The van der Waals surface area contributed by atoms with Crippen LogP contribution in [0.25, 0.3) is 11.4 Å². The third-order valence-electron chi connectivity index (χ3n) is 4.01. The molecule has 0 amide bonds. The summed E-state index contributed by atoms with van der Waals surface area (Å²) in [5.41, 5.74) is 7.59. The van der Waals surface area contributed by atoms with Gasteiger partial charge in [0.1, 0.15) is 0 Å². The van der Waals surface area contributed by atoms with Crippen molar-refractivity contribution in [3.8, 4) is 11.4 Å². The summed E-state index contributed by atoms with van der Waals surface area (Å²) in [5.74, 6) is 1.63. The molecule has 0 unspecified atom stereocenters. The van der Waals surface area contributed by atoms with Crippen LogP contribution in [0.1, 0.15) is 32.1 Å². The molecular formula is C14H18BrN5. The Hall–Kier alpha value is -1.43. The van der Waals surface area contributed by atoms with Gasteiger partial charge in [-0.25, -0.2) is 4.68 Å². The van der Waals surface area contributed by atoms with E-state index in [1.165, 1.54) is 25.7 Å². The lowest BCUT2D eigenvalue weighted by Crippen LogP contribution is -2.07. The van der Waals surface area contributed by atoms with E-state index in [-0.39, 0.29) is 0 Å². The van der Waals surface area contributed by atoms with Crippen LogP contribution in [0.4, 0.5) is 5.69 Å². The molecule has 106 valence electrons. The van der Waals surface area contributed by atoms with E-state index >= 15 is 0 Å². The second-order valence-corrected chi connectivity index (χ2v) is 6.26. The summed E-state index contributed by atoms with van der Waals surface area (Å²) < 4.78 is 2.78. The third-order valence-corrected chi connectivity index (χ3v) is 4.73. The van der Waals surface area contributed by atoms with E-state index in [1.807, 2.05) is 22.9 Å². The maximum atomic E-state index is 5.93. The average molecular weight is 336 g/mol. The number of benzene rings is 1. The summed E-state index contributed by atoms with van der Waals surface area (Å²) in [5, 5.41) is 12.0. The molecule has 5 nitrogen and oxygen atoms in total. The standard InChI is InChI=1S/C14H18BrN5/c15-12-6-5-11(9-13(12)16)14-17-18-19-20(14)8-7-10-3-1-2-4-10/h5-6,9-10H,1-4,7-8,16H2. The predicted molar refractivity (Wildman–Crippen MR) is 81.9 cm³/mol. The Balaban J connectivity index is 1.76. The van der Waals surface area contributed by atoms with Gasteiger partial charge in [0.2, 0.25) is 0 Å². The first kappa shape index (κ1) is 13.5. The van der Waals surface area contributed by atoms with Gasteiger partial charge in [-0.1, -0.05) is 25.7 Å². The van der Waals surface area contributed by atoms with Crippen molar-refractivity contribution < 1.29 is 0 Å². The van der Waals surface area contributed by atoms with Crippen LogP contribution in [-0.4, -0.2) is 20.2 Å². The number of nitrogen functional groups attached to an aromatic ring is 1. The molecule has 0 radical (unpaired) electrons. The quantitative estimate of drug-likeness (QED) is 0.870. The van der Waals surface area contributed by atoms with Crippen LogP contribution < -0.4 is 5.73 Å². The number of aryl methyl sites for hydroxylation is 1. The second kappa shape index (κ2) is 5.91. The molecule has 0 atom stereocenters. The van der Waals surface area contributed by atoms with Crippen molar-refractivity contribution in [2.45, 2.75) is 38.6 Å². The summed E-state index contributed by atoms with van der Waals surface area (Å²) in [4.78, 5) is 0. The van der Waals surface area contributed by atoms with E-state index in [0.29, 0.717) is 5.69 Å². The highest BCUT2D eigenvalue weighted by Gasteiger charge is 2.16. The van der Waals surface area contributed by atoms with Crippen LogP contribution in [0, 0.1) is 5.92 Å². The molecular weight excluding hydrogens is 318 g/mol. The molecule has 2 aromatic rings. The fourth-order valence-electron chi connectivity index (χ4n) is 2.85. The molecule has 1 heterocycles. The fourth-order valence-corrected chi connectivity index (χ4v) is 3.10. The maximum absolute atomic E-state index is 5.93. The Morgan fingerprint density at radius 3 is 2.85 bits per heavy atom. The fraction of sp³-hybridized carbons (Fsp3) is 0.500. The molecule has 6 heteroatoms. The predicted octanol–water partition coefficient (Wildman–Crippen LogP) is 3.27. The summed E-state index contributed by atoms with van der Waals surface area (Å²) in [6.07, 6.45) is 6.60. The van der Waals surface area contributed by atoms with Crippen molar-refractivity contribution >= 4 is 21.6 Å². The van der Waals surface area contributed by atoms with Gasteiger partial charge in [-0.05, 0) is 56.9 Å². The highest BCUT2D eigenvalue weighted by molar-refractivity contribution is 9.10. The van der Waals surface area contributed by atoms with Gasteiger partial charge in [-0.15, -0.1) is 5.10 Å². The number of aromatic nitrogens is 4. The molecule has 1 fully saturated rings. The molecule has 1 aliphatic rings. The summed E-state index contributed by atoms with van der Waals surface area (Å²) >= 11 is 3.40. The van der Waals surface area contributed by atoms with Crippen molar-refractivity contribution in [3.63, 3.8) is 0 Å². The van der Waals surface area contributed by atoms with E-state index in [0.717, 1.165) is 34.7 Å². The Bertz CT molecular complexity index is 589. The Morgan fingerprint density at radius 1 is 1.30 bits per heavy atom. The minimum absolute atomic E-state index is 0.702. The van der Waals surface area contributed by atoms with E-state index in [1.54, 1.807) is 0 Å². The second-order valence-electron chi connectivity index (χ2n) is 5.40. The lowest BCUT2D eigenvalue weighted by molar-refractivity contribution is 0.436. The van der Waals surface area contributed by atoms with Crippen LogP contribution in [0.15, 0.2) is 22.7 Å². The minimum atomic E-state index is 0.702. The molecule has 0 bridgehead atoms. The SMILES string of the molecule is Nc1cc(-c2nnnn2CCC2CCCC2)ccc1Br. The molecule has 0 saturated heterocycles. The van der Waals surface area contributed by atoms with Gasteiger partial charge in [0, 0.05) is 22.3 Å². The normalized spacial score (nSPS) is 15.8. The lowest BCUT2D eigenvalue weighted by atomic mass is 10.0. The lowest BCUT2D eigenvalue weighted by Gasteiger charge is -2.10.